The van der Waals surface area contributed by atoms with E-state index in [4.69, 9.17) is 0 Å². The van der Waals surface area contributed by atoms with E-state index in [-0.39, 0.29) is 23.5 Å². The first-order chi connectivity index (χ1) is 13.1. The summed E-state index contributed by atoms with van der Waals surface area (Å²) in [5, 5.41) is 6.89. The van der Waals surface area contributed by atoms with Gasteiger partial charge in [-0.1, -0.05) is 18.2 Å². The lowest BCUT2D eigenvalue weighted by atomic mass is 9.95. The molecule has 3 rings (SSSR count). The van der Waals surface area contributed by atoms with Crippen LogP contribution in [0.5, 0.6) is 0 Å². The zero-order chi connectivity index (χ0) is 19.2. The van der Waals surface area contributed by atoms with Crippen molar-refractivity contribution in [1.82, 2.24) is 25.0 Å². The Morgan fingerprint density at radius 1 is 1.30 bits per heavy atom. The number of halogens is 1. The molecule has 0 bridgehead atoms. The number of benzene rings is 1. The Labute approximate surface area is 157 Å². The molecule has 7 nitrogen and oxygen atoms in total. The van der Waals surface area contributed by atoms with Crippen LogP contribution < -0.4 is 5.32 Å². The highest BCUT2D eigenvalue weighted by atomic mass is 19.1. The highest BCUT2D eigenvalue weighted by molar-refractivity contribution is 5.81. The lowest BCUT2D eigenvalue weighted by Crippen LogP contribution is -2.45. The Morgan fingerprint density at radius 3 is 2.70 bits per heavy atom. The third kappa shape index (κ3) is 4.69. The van der Waals surface area contributed by atoms with Crippen LogP contribution in [0.1, 0.15) is 31.4 Å². The molecule has 1 aliphatic heterocycles. The van der Waals surface area contributed by atoms with E-state index in [0.717, 1.165) is 0 Å². The maximum atomic E-state index is 13.6. The largest absolute Gasteiger partial charge is 0.356 e. The summed E-state index contributed by atoms with van der Waals surface area (Å²) in [5.74, 6) is -0.405. The number of amides is 2. The van der Waals surface area contributed by atoms with Gasteiger partial charge in [0.2, 0.25) is 11.8 Å². The van der Waals surface area contributed by atoms with Gasteiger partial charge in [0.1, 0.15) is 24.5 Å². The zero-order valence-corrected chi connectivity index (χ0v) is 15.3. The van der Waals surface area contributed by atoms with Crippen molar-refractivity contribution < 1.29 is 14.0 Å². The van der Waals surface area contributed by atoms with Crippen molar-refractivity contribution >= 4 is 11.8 Å². The number of hydrogen-bond donors (Lipinski definition) is 1. The van der Waals surface area contributed by atoms with Crippen LogP contribution in [0.3, 0.4) is 0 Å². The second kappa shape index (κ2) is 8.75. The highest BCUT2D eigenvalue weighted by Crippen LogP contribution is 2.20. The Bertz CT molecular complexity index is 772. The molecular formula is C19H24FN5O2. The van der Waals surface area contributed by atoms with Crippen molar-refractivity contribution in [3.05, 3.63) is 48.3 Å². The first-order valence-corrected chi connectivity index (χ1v) is 9.20. The summed E-state index contributed by atoms with van der Waals surface area (Å²) in [5.41, 5.74) is 0.598. The van der Waals surface area contributed by atoms with Crippen molar-refractivity contribution in [3.63, 3.8) is 0 Å². The Balaban J connectivity index is 1.42. The lowest BCUT2D eigenvalue weighted by molar-refractivity contribution is -0.138. The molecule has 0 spiro atoms. The normalized spacial score (nSPS) is 16.1. The van der Waals surface area contributed by atoms with Crippen molar-refractivity contribution in [1.29, 1.82) is 0 Å². The molecule has 144 valence electrons. The quantitative estimate of drug-likeness (QED) is 0.834. The average molecular weight is 373 g/mol. The molecule has 0 saturated carbocycles. The van der Waals surface area contributed by atoms with Crippen molar-refractivity contribution in [2.75, 3.05) is 19.6 Å². The maximum absolute atomic E-state index is 13.6. The minimum absolute atomic E-state index is 0.0149. The predicted octanol–water partition coefficient (Wildman–Crippen LogP) is 1.58. The molecule has 1 aliphatic rings. The molecule has 0 radical (unpaired) electrons. The number of carbonyl (C=O) groups is 2. The fourth-order valence-electron chi connectivity index (χ4n) is 3.32. The number of nitrogens with zero attached hydrogens (tertiary/aromatic N) is 4. The van der Waals surface area contributed by atoms with Gasteiger partial charge < -0.3 is 10.2 Å². The number of hydrogen-bond acceptors (Lipinski definition) is 4. The van der Waals surface area contributed by atoms with Crippen LogP contribution >= 0.6 is 0 Å². The van der Waals surface area contributed by atoms with Crippen molar-refractivity contribution in [2.24, 2.45) is 5.92 Å². The molecule has 1 aromatic carbocycles. The highest BCUT2D eigenvalue weighted by Gasteiger charge is 2.29. The molecule has 8 heteroatoms. The number of aromatic nitrogens is 3. The predicted molar refractivity (Wildman–Crippen MR) is 97.2 cm³/mol. The van der Waals surface area contributed by atoms with Gasteiger partial charge in [-0.15, -0.1) is 0 Å². The van der Waals surface area contributed by atoms with Gasteiger partial charge in [-0.25, -0.2) is 14.1 Å². The summed E-state index contributed by atoms with van der Waals surface area (Å²) in [4.78, 5) is 30.5. The standard InChI is InChI=1S/C19H24FN5O2/c1-14(25-13-21-12-23-25)19(27)24-10-7-16(8-11-24)18(26)22-9-6-15-4-2-3-5-17(15)20/h2-5,12-14,16H,6-11H2,1H3,(H,22,26)/t14-/m1/s1. The fraction of sp³-hybridized carbons (Fsp3) is 0.474. The zero-order valence-electron chi connectivity index (χ0n) is 15.3. The minimum atomic E-state index is -0.404. The molecule has 1 N–H and O–H groups in total. The number of carbonyl (C=O) groups excluding carboxylic acids is 2. The molecule has 2 heterocycles. The van der Waals surface area contributed by atoms with Gasteiger partial charge in [-0.3, -0.25) is 9.59 Å². The number of likely N-dealkylation sites (tertiary alicyclic amines) is 1. The third-order valence-electron chi connectivity index (χ3n) is 5.02. The first-order valence-electron chi connectivity index (χ1n) is 9.20. The Morgan fingerprint density at radius 2 is 2.04 bits per heavy atom. The molecule has 1 fully saturated rings. The molecule has 1 saturated heterocycles. The van der Waals surface area contributed by atoms with Crippen LogP contribution in [0.15, 0.2) is 36.9 Å². The van der Waals surface area contributed by atoms with E-state index in [1.165, 1.54) is 23.4 Å². The van der Waals surface area contributed by atoms with E-state index in [2.05, 4.69) is 15.4 Å². The van der Waals surface area contributed by atoms with Gasteiger partial charge in [0.05, 0.1) is 0 Å². The maximum Gasteiger partial charge on any atom is 0.247 e. The van der Waals surface area contributed by atoms with Gasteiger partial charge in [0.25, 0.3) is 0 Å². The van der Waals surface area contributed by atoms with E-state index in [9.17, 15) is 14.0 Å². The van der Waals surface area contributed by atoms with Crippen LogP contribution in [0.25, 0.3) is 0 Å². The Kier molecular flexibility index (Phi) is 6.16. The van der Waals surface area contributed by atoms with E-state index in [0.29, 0.717) is 44.5 Å². The van der Waals surface area contributed by atoms with Crippen LogP contribution in [-0.2, 0) is 16.0 Å². The van der Waals surface area contributed by atoms with Crippen LogP contribution in [-0.4, -0.2) is 51.1 Å². The number of nitrogens with one attached hydrogen (secondary N) is 1. The van der Waals surface area contributed by atoms with Gasteiger partial charge in [0, 0.05) is 25.6 Å². The van der Waals surface area contributed by atoms with Gasteiger partial charge >= 0.3 is 0 Å². The van der Waals surface area contributed by atoms with Crippen molar-refractivity contribution in [3.8, 4) is 0 Å². The smallest absolute Gasteiger partial charge is 0.247 e. The van der Waals surface area contributed by atoms with Gasteiger partial charge in [0.15, 0.2) is 0 Å². The number of rotatable bonds is 6. The van der Waals surface area contributed by atoms with Gasteiger partial charge in [-0.2, -0.15) is 5.10 Å². The van der Waals surface area contributed by atoms with Gasteiger partial charge in [-0.05, 0) is 37.8 Å². The van der Waals surface area contributed by atoms with E-state index in [1.54, 1.807) is 30.0 Å². The summed E-state index contributed by atoms with van der Waals surface area (Å²) in [6.07, 6.45) is 4.65. The second-order valence-corrected chi connectivity index (χ2v) is 6.78. The average Bonchev–Trinajstić information content (AvgIpc) is 3.23. The molecule has 27 heavy (non-hydrogen) atoms. The monoisotopic (exact) mass is 373 g/mol. The SMILES string of the molecule is C[C@H](C(=O)N1CCC(C(=O)NCCc2ccccc2F)CC1)n1cncn1. The minimum Gasteiger partial charge on any atom is -0.356 e. The molecule has 1 atom stereocenters. The second-order valence-electron chi connectivity index (χ2n) is 6.78. The molecule has 0 aliphatic carbocycles. The summed E-state index contributed by atoms with van der Waals surface area (Å²) in [6.45, 7) is 3.29. The summed E-state index contributed by atoms with van der Waals surface area (Å²) < 4.78 is 15.1. The first kappa shape index (κ1) is 19.0. The molecule has 1 aromatic heterocycles. The van der Waals surface area contributed by atoms with Crippen LogP contribution in [0.2, 0.25) is 0 Å². The van der Waals surface area contributed by atoms with E-state index in [1.807, 2.05) is 0 Å². The van der Waals surface area contributed by atoms with Crippen molar-refractivity contribution in [2.45, 2.75) is 32.2 Å². The Hall–Kier alpha value is -2.77. The molecule has 0 unspecified atom stereocenters. The summed E-state index contributed by atoms with van der Waals surface area (Å²) >= 11 is 0. The summed E-state index contributed by atoms with van der Waals surface area (Å²) in [6, 6.07) is 6.17. The van der Waals surface area contributed by atoms with E-state index >= 15 is 0 Å². The lowest BCUT2D eigenvalue weighted by Gasteiger charge is -2.33. The number of piperidine rings is 1. The molecule has 2 aromatic rings. The summed E-state index contributed by atoms with van der Waals surface area (Å²) in [7, 11) is 0. The van der Waals surface area contributed by atoms with Crippen LogP contribution in [0.4, 0.5) is 4.39 Å². The van der Waals surface area contributed by atoms with Crippen LogP contribution in [0, 0.1) is 11.7 Å². The molecule has 2 amide bonds. The van der Waals surface area contributed by atoms with E-state index < -0.39 is 6.04 Å². The third-order valence-corrected chi connectivity index (χ3v) is 5.02. The molecular weight excluding hydrogens is 349 g/mol. The fourth-order valence-corrected chi connectivity index (χ4v) is 3.32. The topological polar surface area (TPSA) is 80.1 Å².